The van der Waals surface area contributed by atoms with E-state index in [4.69, 9.17) is 0 Å². The van der Waals surface area contributed by atoms with E-state index in [1.165, 1.54) is 29.2 Å². The molecule has 1 aromatic carbocycles. The Kier molecular flexibility index (Phi) is 6.05. The largest absolute Gasteiger partial charge is 0.305 e. The normalized spacial score (nSPS) is 15.9. The maximum atomic E-state index is 14.8. The van der Waals surface area contributed by atoms with Gasteiger partial charge in [-0.3, -0.25) is 14.1 Å². The summed E-state index contributed by atoms with van der Waals surface area (Å²) in [5.41, 5.74) is 0.531. The summed E-state index contributed by atoms with van der Waals surface area (Å²) in [4.78, 5) is 30.3. The van der Waals surface area contributed by atoms with Gasteiger partial charge in [-0.1, -0.05) is 23.1 Å². The molecule has 1 aliphatic rings. The first-order valence-corrected chi connectivity index (χ1v) is 12.0. The predicted octanol–water partition coefficient (Wildman–Crippen LogP) is 3.21. The fourth-order valence-electron chi connectivity index (χ4n) is 3.68. The summed E-state index contributed by atoms with van der Waals surface area (Å²) in [5, 5.41) is 4.14. The van der Waals surface area contributed by atoms with Crippen molar-refractivity contribution in [3.8, 4) is 0 Å². The van der Waals surface area contributed by atoms with Crippen LogP contribution in [0.2, 0.25) is 0 Å². The molecule has 0 atom stereocenters. The summed E-state index contributed by atoms with van der Waals surface area (Å²) in [6, 6.07) is 4.99. The van der Waals surface area contributed by atoms with E-state index >= 15 is 0 Å². The molecule has 1 saturated heterocycles. The molecule has 0 unspecified atom stereocenters. The number of nitrogens with zero attached hydrogens (tertiary/aromatic N) is 6. The third-order valence-corrected chi connectivity index (χ3v) is 7.31. The van der Waals surface area contributed by atoms with Crippen LogP contribution in [0, 0.1) is 5.82 Å². The molecular weight excluding hydrogens is 449 g/mol. The Labute approximate surface area is 192 Å². The Morgan fingerprint density at radius 1 is 1.25 bits per heavy atom. The highest BCUT2D eigenvalue weighted by Crippen LogP contribution is 2.35. The van der Waals surface area contributed by atoms with Crippen molar-refractivity contribution >= 4 is 50.1 Å². The number of fused-ring (bicyclic) bond motifs is 2. The Bertz CT molecular complexity index is 1270. The van der Waals surface area contributed by atoms with Gasteiger partial charge in [-0.25, -0.2) is 19.3 Å². The maximum Gasteiger partial charge on any atom is 0.240 e. The number of imidazole rings is 1. The standard InChI is InChI=1S/C21H22FN7OS2/c1-27-5-3-6-28(9-8-27)13-18(30)26-21-25-15-10-14(22)16(11-17(15)32-21)31-19-12-24-20-23-4-2-7-29(19)20/h2,4,7,10-12H,3,5-6,8-9,13H2,1H3,(H,25,26,30). The van der Waals surface area contributed by atoms with Crippen LogP contribution in [0.5, 0.6) is 0 Å². The number of likely N-dealkylation sites (N-methyl/N-ethyl adjacent to an activating group) is 1. The second-order valence-corrected chi connectivity index (χ2v) is 9.83. The number of carbonyl (C=O) groups is 1. The van der Waals surface area contributed by atoms with Crippen LogP contribution in [0.25, 0.3) is 16.0 Å². The third kappa shape index (κ3) is 4.60. The summed E-state index contributed by atoms with van der Waals surface area (Å²) in [6.45, 7) is 4.11. The maximum absolute atomic E-state index is 14.8. The number of amides is 1. The molecule has 1 amide bonds. The predicted molar refractivity (Wildman–Crippen MR) is 124 cm³/mol. The number of aromatic nitrogens is 4. The highest BCUT2D eigenvalue weighted by Gasteiger charge is 2.17. The zero-order valence-corrected chi connectivity index (χ0v) is 19.1. The molecule has 0 bridgehead atoms. The van der Waals surface area contributed by atoms with Gasteiger partial charge < -0.3 is 10.2 Å². The smallest absolute Gasteiger partial charge is 0.240 e. The highest BCUT2D eigenvalue weighted by atomic mass is 32.2. The molecule has 3 aromatic heterocycles. The van der Waals surface area contributed by atoms with Crippen molar-refractivity contribution < 1.29 is 9.18 Å². The molecule has 166 valence electrons. The number of thiazole rings is 1. The molecule has 1 N–H and O–H groups in total. The molecule has 1 aliphatic heterocycles. The van der Waals surface area contributed by atoms with Gasteiger partial charge in [-0.15, -0.1) is 0 Å². The molecule has 8 nitrogen and oxygen atoms in total. The third-order valence-electron chi connectivity index (χ3n) is 5.34. The quantitative estimate of drug-likeness (QED) is 0.479. The summed E-state index contributed by atoms with van der Waals surface area (Å²) in [6.07, 6.45) is 6.24. The fourth-order valence-corrected chi connectivity index (χ4v) is 5.56. The van der Waals surface area contributed by atoms with E-state index in [1.807, 2.05) is 10.6 Å². The van der Waals surface area contributed by atoms with Gasteiger partial charge in [0.05, 0.1) is 27.9 Å². The van der Waals surface area contributed by atoms with Crippen molar-refractivity contribution in [2.75, 3.05) is 45.1 Å². The van der Waals surface area contributed by atoms with Crippen LogP contribution in [0.15, 0.2) is 46.7 Å². The lowest BCUT2D eigenvalue weighted by molar-refractivity contribution is -0.117. The fraction of sp³-hybridized carbons (Fsp3) is 0.333. The number of halogens is 1. The van der Waals surface area contributed by atoms with Crippen molar-refractivity contribution in [1.82, 2.24) is 29.2 Å². The van der Waals surface area contributed by atoms with Gasteiger partial charge >= 0.3 is 0 Å². The highest BCUT2D eigenvalue weighted by molar-refractivity contribution is 7.99. The average Bonchev–Trinajstić information content (AvgIpc) is 3.28. The van der Waals surface area contributed by atoms with Crippen molar-refractivity contribution in [2.45, 2.75) is 16.3 Å². The van der Waals surface area contributed by atoms with E-state index in [2.05, 4.69) is 37.1 Å². The second kappa shape index (κ2) is 9.10. The van der Waals surface area contributed by atoms with Crippen LogP contribution in [-0.2, 0) is 4.79 Å². The van der Waals surface area contributed by atoms with Crippen LogP contribution < -0.4 is 5.32 Å². The van der Waals surface area contributed by atoms with Crippen molar-refractivity contribution in [3.63, 3.8) is 0 Å². The Morgan fingerprint density at radius 3 is 3.06 bits per heavy atom. The number of nitrogens with one attached hydrogen (secondary N) is 1. The first-order valence-electron chi connectivity index (χ1n) is 10.3. The average molecular weight is 472 g/mol. The minimum absolute atomic E-state index is 0.0955. The summed E-state index contributed by atoms with van der Waals surface area (Å²) in [5.74, 6) is 0.107. The van der Waals surface area contributed by atoms with Crippen LogP contribution in [0.4, 0.5) is 9.52 Å². The van der Waals surface area contributed by atoms with Gasteiger partial charge in [0.1, 0.15) is 10.8 Å². The zero-order chi connectivity index (χ0) is 22.1. The Balaban J connectivity index is 1.30. The Morgan fingerprint density at radius 2 is 2.16 bits per heavy atom. The van der Waals surface area contributed by atoms with Gasteiger partial charge in [0.15, 0.2) is 5.13 Å². The number of carbonyl (C=O) groups excluding carboxylic acids is 1. The molecule has 32 heavy (non-hydrogen) atoms. The van der Waals surface area contributed by atoms with Crippen LogP contribution in [0.1, 0.15) is 6.42 Å². The van der Waals surface area contributed by atoms with E-state index in [9.17, 15) is 9.18 Å². The zero-order valence-electron chi connectivity index (χ0n) is 17.5. The van der Waals surface area contributed by atoms with Crippen molar-refractivity contribution in [2.24, 2.45) is 0 Å². The number of anilines is 1. The molecule has 0 spiro atoms. The first-order chi connectivity index (χ1) is 15.5. The first kappa shape index (κ1) is 21.3. The number of hydrogen-bond donors (Lipinski definition) is 1. The molecule has 0 radical (unpaired) electrons. The van der Waals surface area contributed by atoms with E-state index in [-0.39, 0.29) is 11.7 Å². The monoisotopic (exact) mass is 471 g/mol. The Hall–Kier alpha value is -2.60. The van der Waals surface area contributed by atoms with Gasteiger partial charge in [0.2, 0.25) is 11.7 Å². The summed E-state index contributed by atoms with van der Waals surface area (Å²) < 4.78 is 17.4. The number of benzene rings is 1. The summed E-state index contributed by atoms with van der Waals surface area (Å²) >= 11 is 2.63. The van der Waals surface area contributed by atoms with Gasteiger partial charge in [-0.2, -0.15) is 0 Å². The molecule has 5 rings (SSSR count). The molecular formula is C21H22FN7OS2. The molecule has 11 heteroatoms. The minimum atomic E-state index is -0.363. The van der Waals surface area contributed by atoms with E-state index in [0.29, 0.717) is 27.9 Å². The molecule has 4 heterocycles. The summed E-state index contributed by atoms with van der Waals surface area (Å²) in [7, 11) is 2.10. The van der Waals surface area contributed by atoms with E-state index in [1.54, 1.807) is 24.5 Å². The minimum Gasteiger partial charge on any atom is -0.305 e. The van der Waals surface area contributed by atoms with Crippen molar-refractivity contribution in [3.05, 3.63) is 42.6 Å². The number of rotatable bonds is 5. The van der Waals surface area contributed by atoms with Crippen LogP contribution >= 0.6 is 23.1 Å². The number of hydrogen-bond acceptors (Lipinski definition) is 8. The second-order valence-electron chi connectivity index (χ2n) is 7.74. The van der Waals surface area contributed by atoms with Gasteiger partial charge in [-0.05, 0) is 38.7 Å². The molecule has 0 aliphatic carbocycles. The van der Waals surface area contributed by atoms with Gasteiger partial charge in [0, 0.05) is 31.5 Å². The molecule has 4 aromatic rings. The van der Waals surface area contributed by atoms with Gasteiger partial charge in [0.25, 0.3) is 0 Å². The molecule has 1 fully saturated rings. The SMILES string of the molecule is CN1CCCN(CC(=O)Nc2nc3cc(F)c(Sc4cnc5ncccn45)cc3s2)CC1. The van der Waals surface area contributed by atoms with Crippen molar-refractivity contribution in [1.29, 1.82) is 0 Å². The lowest BCUT2D eigenvalue weighted by Crippen LogP contribution is -2.35. The van der Waals surface area contributed by atoms with E-state index in [0.717, 1.165) is 42.3 Å². The van der Waals surface area contributed by atoms with E-state index < -0.39 is 0 Å². The topological polar surface area (TPSA) is 78.7 Å². The van der Waals surface area contributed by atoms with Crippen LogP contribution in [0.3, 0.4) is 0 Å². The lowest BCUT2D eigenvalue weighted by Gasteiger charge is -2.18. The molecule has 0 saturated carbocycles. The lowest BCUT2D eigenvalue weighted by atomic mass is 10.3. The van der Waals surface area contributed by atoms with Crippen LogP contribution in [-0.4, -0.2) is 74.8 Å².